The van der Waals surface area contributed by atoms with Crippen molar-refractivity contribution in [3.05, 3.63) is 58.1 Å². The molecule has 0 saturated carbocycles. The Labute approximate surface area is 208 Å². The molecule has 190 valence electrons. The van der Waals surface area contributed by atoms with Gasteiger partial charge in [-0.05, 0) is 37.1 Å². The monoisotopic (exact) mass is 494 g/mol. The summed E-state index contributed by atoms with van der Waals surface area (Å²) in [5.74, 6) is 0.721. The second kappa shape index (κ2) is 12.8. The number of nitrogens with one attached hydrogen (secondary N) is 2. The van der Waals surface area contributed by atoms with Crippen molar-refractivity contribution in [1.82, 2.24) is 15.0 Å². The third-order valence-corrected chi connectivity index (χ3v) is 5.19. The van der Waals surface area contributed by atoms with Crippen LogP contribution in [0.5, 0.6) is 11.5 Å². The van der Waals surface area contributed by atoms with E-state index in [1.54, 1.807) is 12.1 Å². The van der Waals surface area contributed by atoms with E-state index in [4.69, 9.17) is 0 Å². The number of anilines is 4. The second-order valence-corrected chi connectivity index (χ2v) is 8.02. The summed E-state index contributed by atoms with van der Waals surface area (Å²) >= 11 is 0. The van der Waals surface area contributed by atoms with Crippen LogP contribution in [0.1, 0.15) is 45.1 Å². The summed E-state index contributed by atoms with van der Waals surface area (Å²) in [7, 11) is 0. The van der Waals surface area contributed by atoms with Gasteiger partial charge in [-0.1, -0.05) is 26.7 Å². The number of rotatable bonds is 13. The van der Waals surface area contributed by atoms with E-state index in [-0.39, 0.29) is 29.1 Å². The lowest BCUT2D eigenvalue weighted by Gasteiger charge is -2.23. The standard InChI is InChI=1S/C24H30N8O4/c1-3-5-13-31(14-6-4-2)24-28-22(26-18-8-10-19(11-9-18)32(35)36)27-23(29-24)30-25-16-17-7-12-20(33)15-21(17)34/h7-12,15-16,33-34H,3-6,13-14H2,1-2H3,(H2,26,27,28,29,30). The molecule has 12 heteroatoms. The molecule has 1 heterocycles. The van der Waals surface area contributed by atoms with Gasteiger partial charge in [0.15, 0.2) is 0 Å². The van der Waals surface area contributed by atoms with Gasteiger partial charge in [-0.15, -0.1) is 0 Å². The van der Waals surface area contributed by atoms with Gasteiger partial charge in [0.25, 0.3) is 5.69 Å². The first-order valence-electron chi connectivity index (χ1n) is 11.7. The van der Waals surface area contributed by atoms with Gasteiger partial charge >= 0.3 is 0 Å². The fourth-order valence-corrected chi connectivity index (χ4v) is 3.22. The Morgan fingerprint density at radius 2 is 1.67 bits per heavy atom. The number of hydrogen-bond acceptors (Lipinski definition) is 11. The van der Waals surface area contributed by atoms with Crippen LogP contribution in [0.4, 0.5) is 29.2 Å². The quantitative estimate of drug-likeness (QED) is 0.148. The number of hydrazone groups is 1. The molecular formula is C24H30N8O4. The molecule has 0 aliphatic carbocycles. The lowest BCUT2D eigenvalue weighted by Crippen LogP contribution is -2.28. The van der Waals surface area contributed by atoms with Crippen LogP contribution in [-0.2, 0) is 0 Å². The molecule has 4 N–H and O–H groups in total. The molecule has 3 rings (SSSR count). The predicted octanol–water partition coefficient (Wildman–Crippen LogP) is 4.79. The Hall–Kier alpha value is -4.48. The van der Waals surface area contributed by atoms with Gasteiger partial charge in [0.05, 0.1) is 11.1 Å². The molecule has 0 saturated heterocycles. The molecule has 2 aromatic carbocycles. The molecule has 3 aromatic rings. The first-order chi connectivity index (χ1) is 17.4. The molecule has 0 aliphatic rings. The molecule has 0 spiro atoms. The van der Waals surface area contributed by atoms with E-state index < -0.39 is 4.92 Å². The topological polar surface area (TPSA) is 162 Å². The van der Waals surface area contributed by atoms with Crippen LogP contribution in [0.25, 0.3) is 0 Å². The average molecular weight is 495 g/mol. The first kappa shape index (κ1) is 26.1. The highest BCUT2D eigenvalue weighted by Gasteiger charge is 2.14. The van der Waals surface area contributed by atoms with E-state index in [2.05, 4.69) is 49.5 Å². The SMILES string of the molecule is CCCCN(CCCC)c1nc(NN=Cc2ccc(O)cc2O)nc(Nc2ccc([N+](=O)[O-])cc2)n1. The number of nitro benzene ring substituents is 1. The number of benzene rings is 2. The van der Waals surface area contributed by atoms with E-state index in [1.165, 1.54) is 36.5 Å². The van der Waals surface area contributed by atoms with Crippen LogP contribution < -0.4 is 15.6 Å². The first-order valence-corrected chi connectivity index (χ1v) is 11.7. The molecule has 0 bridgehead atoms. The van der Waals surface area contributed by atoms with Crippen LogP contribution in [-0.4, -0.2) is 49.4 Å². The van der Waals surface area contributed by atoms with Crippen molar-refractivity contribution in [3.8, 4) is 11.5 Å². The number of aromatic nitrogens is 3. The number of phenols is 2. The number of non-ortho nitro benzene ring substituents is 1. The normalized spacial score (nSPS) is 10.9. The zero-order valence-corrected chi connectivity index (χ0v) is 20.3. The van der Waals surface area contributed by atoms with Crippen molar-refractivity contribution in [2.24, 2.45) is 5.10 Å². The lowest BCUT2D eigenvalue weighted by atomic mass is 10.2. The Morgan fingerprint density at radius 1 is 1.00 bits per heavy atom. The molecule has 12 nitrogen and oxygen atoms in total. The van der Waals surface area contributed by atoms with E-state index in [1.807, 2.05) is 0 Å². The summed E-state index contributed by atoms with van der Waals surface area (Å²) in [4.78, 5) is 26.1. The van der Waals surface area contributed by atoms with Crippen molar-refractivity contribution in [1.29, 1.82) is 0 Å². The summed E-state index contributed by atoms with van der Waals surface area (Å²) in [6, 6.07) is 10.1. The molecule has 1 aromatic heterocycles. The van der Waals surface area contributed by atoms with E-state index in [0.717, 1.165) is 38.8 Å². The minimum Gasteiger partial charge on any atom is -0.508 e. The van der Waals surface area contributed by atoms with Crippen molar-refractivity contribution < 1.29 is 15.1 Å². The van der Waals surface area contributed by atoms with Crippen molar-refractivity contribution in [3.63, 3.8) is 0 Å². The van der Waals surface area contributed by atoms with Gasteiger partial charge in [-0.2, -0.15) is 20.1 Å². The molecule has 0 atom stereocenters. The maximum absolute atomic E-state index is 10.9. The number of nitrogens with zero attached hydrogens (tertiary/aromatic N) is 6. The summed E-state index contributed by atoms with van der Waals surface area (Å²) in [5, 5.41) is 37.5. The molecule has 0 amide bonds. The van der Waals surface area contributed by atoms with Crippen molar-refractivity contribution in [2.75, 3.05) is 28.7 Å². The highest BCUT2D eigenvalue weighted by Crippen LogP contribution is 2.22. The lowest BCUT2D eigenvalue weighted by molar-refractivity contribution is -0.384. The van der Waals surface area contributed by atoms with Gasteiger partial charge in [0.2, 0.25) is 17.8 Å². The van der Waals surface area contributed by atoms with Gasteiger partial charge in [-0.25, -0.2) is 5.43 Å². The summed E-state index contributed by atoms with van der Waals surface area (Å²) in [6.07, 6.45) is 5.37. The molecule has 0 fully saturated rings. The number of aromatic hydroxyl groups is 2. The van der Waals surface area contributed by atoms with E-state index in [9.17, 15) is 20.3 Å². The number of unbranched alkanes of at least 4 members (excludes halogenated alkanes) is 2. The maximum Gasteiger partial charge on any atom is 0.269 e. The highest BCUT2D eigenvalue weighted by atomic mass is 16.6. The zero-order chi connectivity index (χ0) is 25.9. The zero-order valence-electron chi connectivity index (χ0n) is 20.3. The molecule has 36 heavy (non-hydrogen) atoms. The Bertz CT molecular complexity index is 1180. The largest absolute Gasteiger partial charge is 0.508 e. The molecule has 0 radical (unpaired) electrons. The third kappa shape index (κ3) is 7.52. The molecular weight excluding hydrogens is 464 g/mol. The molecule has 0 aliphatic heterocycles. The number of nitro groups is 1. The third-order valence-electron chi connectivity index (χ3n) is 5.19. The Morgan fingerprint density at radius 3 is 2.28 bits per heavy atom. The van der Waals surface area contributed by atoms with E-state index in [0.29, 0.717) is 17.2 Å². The number of hydrogen-bond donors (Lipinski definition) is 4. The fraction of sp³-hybridized carbons (Fsp3) is 0.333. The Kier molecular flexibility index (Phi) is 9.32. The van der Waals surface area contributed by atoms with Gasteiger partial charge in [0, 0.05) is 42.5 Å². The minimum atomic E-state index is -0.462. The number of phenolic OH excluding ortho intramolecular Hbond substituents is 2. The average Bonchev–Trinajstić information content (AvgIpc) is 2.85. The summed E-state index contributed by atoms with van der Waals surface area (Å²) < 4.78 is 0. The second-order valence-electron chi connectivity index (χ2n) is 8.02. The van der Waals surface area contributed by atoms with Crippen LogP contribution in [0.15, 0.2) is 47.6 Å². The van der Waals surface area contributed by atoms with Crippen LogP contribution in [0.3, 0.4) is 0 Å². The highest BCUT2D eigenvalue weighted by molar-refractivity contribution is 5.84. The van der Waals surface area contributed by atoms with Crippen LogP contribution >= 0.6 is 0 Å². The van der Waals surface area contributed by atoms with Crippen molar-refractivity contribution >= 4 is 35.4 Å². The van der Waals surface area contributed by atoms with Crippen LogP contribution in [0, 0.1) is 10.1 Å². The van der Waals surface area contributed by atoms with Crippen LogP contribution in [0.2, 0.25) is 0 Å². The van der Waals surface area contributed by atoms with E-state index >= 15 is 0 Å². The maximum atomic E-state index is 10.9. The minimum absolute atomic E-state index is 0.0173. The van der Waals surface area contributed by atoms with Gasteiger partial charge < -0.3 is 20.4 Å². The predicted molar refractivity (Wildman–Crippen MR) is 139 cm³/mol. The molecule has 0 unspecified atom stereocenters. The smallest absolute Gasteiger partial charge is 0.269 e. The van der Waals surface area contributed by atoms with Crippen molar-refractivity contribution in [2.45, 2.75) is 39.5 Å². The summed E-state index contributed by atoms with van der Waals surface area (Å²) in [5.41, 5.74) is 3.73. The fourth-order valence-electron chi connectivity index (χ4n) is 3.22. The summed E-state index contributed by atoms with van der Waals surface area (Å²) in [6.45, 7) is 5.80. The Balaban J connectivity index is 1.89. The van der Waals surface area contributed by atoms with Gasteiger partial charge in [-0.3, -0.25) is 10.1 Å². The van der Waals surface area contributed by atoms with Gasteiger partial charge in [0.1, 0.15) is 11.5 Å².